The van der Waals surface area contributed by atoms with Crippen LogP contribution < -0.4 is 0 Å². The first-order valence-corrected chi connectivity index (χ1v) is 9.85. The fraction of sp³-hybridized carbons (Fsp3) is 0.538. The third-order valence-electron chi connectivity index (χ3n) is 2.63. The molecule has 4 nitrogen and oxygen atoms in total. The second kappa shape index (κ2) is 5.20. The summed E-state index contributed by atoms with van der Waals surface area (Å²) in [5.74, 6) is 0. The maximum absolute atomic E-state index is 10.8. The van der Waals surface area contributed by atoms with E-state index in [2.05, 4.69) is 33.7 Å². The minimum atomic E-state index is -1.14. The molecule has 0 amide bonds. The number of benzene rings is 1. The van der Waals surface area contributed by atoms with Crippen molar-refractivity contribution in [1.82, 2.24) is 0 Å². The van der Waals surface area contributed by atoms with Gasteiger partial charge in [-0.25, -0.2) is 0 Å². The zero-order chi connectivity index (χ0) is 14.0. The highest BCUT2D eigenvalue weighted by atomic mass is 28.3. The Kier molecular flexibility index (Phi) is 4.29. The molecule has 100 valence electrons. The van der Waals surface area contributed by atoms with Crippen molar-refractivity contribution in [3.8, 4) is 0 Å². The Morgan fingerprint density at radius 1 is 1.28 bits per heavy atom. The molecule has 1 aromatic rings. The molecule has 0 aromatic heterocycles. The largest absolute Gasteiger partial charge is 0.328 e. The Morgan fingerprint density at radius 2 is 1.89 bits per heavy atom. The molecule has 0 aliphatic heterocycles. The second-order valence-corrected chi connectivity index (χ2v) is 12.2. The van der Waals surface area contributed by atoms with Crippen molar-refractivity contribution in [1.29, 1.82) is 0 Å². The van der Waals surface area contributed by atoms with Gasteiger partial charge in [-0.2, -0.15) is 0 Å². The Hall–Kier alpha value is -1.20. The van der Waals surface area contributed by atoms with Crippen LogP contribution in [-0.4, -0.2) is 37.7 Å². The zero-order valence-electron chi connectivity index (χ0n) is 11.9. The van der Waals surface area contributed by atoms with Crippen molar-refractivity contribution in [2.75, 3.05) is 20.3 Å². The van der Waals surface area contributed by atoms with Crippen LogP contribution in [0.25, 0.3) is 0 Å². The molecule has 0 N–H and O–H groups in total. The molecule has 0 saturated carbocycles. The molecule has 1 aromatic carbocycles. The normalized spacial score (nSPS) is 12.5. The number of nitrogens with zero attached hydrogens (tertiary/aromatic N) is 2. The van der Waals surface area contributed by atoms with Crippen LogP contribution in [0.3, 0.4) is 0 Å². The number of nitro benzene ring substituents is 1. The Bertz CT molecular complexity index is 439. The summed E-state index contributed by atoms with van der Waals surface area (Å²) in [4.78, 5) is 10.4. The maximum atomic E-state index is 10.8. The molecule has 0 bridgehead atoms. The van der Waals surface area contributed by atoms with Gasteiger partial charge >= 0.3 is 0 Å². The summed E-state index contributed by atoms with van der Waals surface area (Å²) < 4.78 is 0.886. The third kappa shape index (κ3) is 4.97. The molecular formula is C13H23N2O2Si+. The van der Waals surface area contributed by atoms with Crippen LogP contribution in [0.4, 0.5) is 5.69 Å². The highest BCUT2D eigenvalue weighted by Crippen LogP contribution is 2.18. The summed E-state index contributed by atoms with van der Waals surface area (Å²) in [6.07, 6.45) is 1.16. The van der Waals surface area contributed by atoms with Crippen molar-refractivity contribution in [3.05, 3.63) is 39.9 Å². The Morgan fingerprint density at radius 3 is 2.39 bits per heavy atom. The van der Waals surface area contributed by atoms with Gasteiger partial charge in [0.1, 0.15) is 14.6 Å². The van der Waals surface area contributed by atoms with Crippen molar-refractivity contribution < 1.29 is 9.41 Å². The van der Waals surface area contributed by atoms with Crippen LogP contribution in [0.5, 0.6) is 0 Å². The van der Waals surface area contributed by atoms with Crippen LogP contribution >= 0.6 is 0 Å². The van der Waals surface area contributed by atoms with Gasteiger partial charge in [-0.15, -0.1) is 0 Å². The van der Waals surface area contributed by atoms with Crippen LogP contribution in [0.1, 0.15) is 5.56 Å². The van der Waals surface area contributed by atoms with Crippen LogP contribution in [0, 0.1) is 10.1 Å². The summed E-state index contributed by atoms with van der Waals surface area (Å²) >= 11 is 0. The first-order chi connectivity index (χ1) is 8.09. The lowest BCUT2D eigenvalue weighted by atomic mass is 10.2. The van der Waals surface area contributed by atoms with Gasteiger partial charge in [-0.3, -0.25) is 10.1 Å². The first kappa shape index (κ1) is 14.9. The number of rotatable bonds is 5. The van der Waals surface area contributed by atoms with Crippen LogP contribution in [0.2, 0.25) is 19.6 Å². The standard InChI is InChI=1S/C13H23N2O2Si/c1-15(2,11-18(3,4)5)10-12-7-6-8-13(9-12)14(16)17/h6-9H,10-11H2,1-5H3/q+1. The SMILES string of the molecule is C[N+](C)(Cc1cccc([N+](=O)[O-])c1)C[Si](C)(C)C. The van der Waals surface area contributed by atoms with E-state index in [1.165, 1.54) is 0 Å². The van der Waals surface area contributed by atoms with Crippen LogP contribution in [0.15, 0.2) is 24.3 Å². The van der Waals surface area contributed by atoms with E-state index < -0.39 is 8.07 Å². The second-order valence-electron chi connectivity index (χ2n) is 6.74. The van der Waals surface area contributed by atoms with Gasteiger partial charge < -0.3 is 4.48 Å². The maximum Gasteiger partial charge on any atom is 0.269 e. The number of hydrogen-bond donors (Lipinski definition) is 0. The zero-order valence-corrected chi connectivity index (χ0v) is 12.9. The van der Waals surface area contributed by atoms with Gasteiger partial charge in [0, 0.05) is 17.7 Å². The summed E-state index contributed by atoms with van der Waals surface area (Å²) in [6, 6.07) is 6.96. The van der Waals surface area contributed by atoms with E-state index in [1.54, 1.807) is 18.2 Å². The van der Waals surface area contributed by atoms with Gasteiger partial charge in [-0.1, -0.05) is 31.8 Å². The van der Waals surface area contributed by atoms with Gasteiger partial charge in [0.2, 0.25) is 0 Å². The topological polar surface area (TPSA) is 43.1 Å². The van der Waals surface area contributed by atoms with E-state index in [9.17, 15) is 10.1 Å². The molecule has 18 heavy (non-hydrogen) atoms. The molecule has 0 radical (unpaired) electrons. The van der Waals surface area contributed by atoms with E-state index in [4.69, 9.17) is 0 Å². The van der Waals surface area contributed by atoms with Crippen molar-refractivity contribution in [2.24, 2.45) is 0 Å². The van der Waals surface area contributed by atoms with Gasteiger partial charge in [0.25, 0.3) is 5.69 Å². The quantitative estimate of drug-likeness (QED) is 0.356. The lowest BCUT2D eigenvalue weighted by Crippen LogP contribution is -2.49. The monoisotopic (exact) mass is 267 g/mol. The number of quaternary nitrogens is 1. The van der Waals surface area contributed by atoms with Crippen molar-refractivity contribution in [3.63, 3.8) is 0 Å². The van der Waals surface area contributed by atoms with E-state index in [0.717, 1.165) is 22.8 Å². The Balaban J connectivity index is 2.84. The van der Waals surface area contributed by atoms with E-state index >= 15 is 0 Å². The minimum absolute atomic E-state index is 0.181. The predicted molar refractivity (Wildman–Crippen MR) is 77.1 cm³/mol. The molecule has 0 saturated heterocycles. The molecule has 1 rings (SSSR count). The first-order valence-electron chi connectivity index (χ1n) is 6.14. The predicted octanol–water partition coefficient (Wildman–Crippen LogP) is 3.05. The number of nitro groups is 1. The lowest BCUT2D eigenvalue weighted by molar-refractivity contribution is -0.894. The van der Waals surface area contributed by atoms with Crippen molar-refractivity contribution in [2.45, 2.75) is 26.2 Å². The average molecular weight is 267 g/mol. The highest BCUT2D eigenvalue weighted by Gasteiger charge is 2.26. The van der Waals surface area contributed by atoms with Gasteiger partial charge in [0.05, 0.1) is 25.2 Å². The molecule has 5 heteroatoms. The Labute approximate surface area is 110 Å². The molecule has 0 unspecified atom stereocenters. The lowest BCUT2D eigenvalue weighted by Gasteiger charge is -2.35. The molecule has 0 aliphatic rings. The number of non-ortho nitro benzene ring substituents is 1. The molecule has 0 spiro atoms. The molecule has 0 atom stereocenters. The summed E-state index contributed by atoms with van der Waals surface area (Å²) in [7, 11) is 3.24. The molecular weight excluding hydrogens is 244 g/mol. The molecule has 0 aliphatic carbocycles. The average Bonchev–Trinajstić information content (AvgIpc) is 2.12. The van der Waals surface area contributed by atoms with Crippen LogP contribution in [-0.2, 0) is 6.54 Å². The molecule has 0 fully saturated rings. The molecule has 0 heterocycles. The third-order valence-corrected chi connectivity index (χ3v) is 4.44. The fourth-order valence-electron chi connectivity index (χ4n) is 2.60. The summed E-state index contributed by atoms with van der Waals surface area (Å²) in [5.41, 5.74) is 1.22. The van der Waals surface area contributed by atoms with Gasteiger partial charge in [-0.05, 0) is 0 Å². The van der Waals surface area contributed by atoms with E-state index in [-0.39, 0.29) is 10.6 Å². The highest BCUT2D eigenvalue weighted by molar-refractivity contribution is 6.75. The summed E-state index contributed by atoms with van der Waals surface area (Å²) in [6.45, 7) is 7.88. The number of hydrogen-bond acceptors (Lipinski definition) is 2. The van der Waals surface area contributed by atoms with E-state index in [1.807, 2.05) is 6.07 Å². The van der Waals surface area contributed by atoms with E-state index in [0.29, 0.717) is 0 Å². The fourth-order valence-corrected chi connectivity index (χ4v) is 5.28. The van der Waals surface area contributed by atoms with Crippen molar-refractivity contribution >= 4 is 13.8 Å². The smallest absolute Gasteiger partial charge is 0.269 e. The summed E-state index contributed by atoms with van der Waals surface area (Å²) in [5, 5.41) is 10.8. The minimum Gasteiger partial charge on any atom is -0.328 e. The van der Waals surface area contributed by atoms with Gasteiger partial charge in [0.15, 0.2) is 0 Å².